The lowest BCUT2D eigenvalue weighted by Gasteiger charge is -2.23. The summed E-state index contributed by atoms with van der Waals surface area (Å²) in [4.78, 5) is 32.6. The van der Waals surface area contributed by atoms with Crippen molar-refractivity contribution in [2.24, 2.45) is 4.99 Å². The van der Waals surface area contributed by atoms with Crippen LogP contribution in [0.4, 0.5) is 0 Å². The van der Waals surface area contributed by atoms with Crippen molar-refractivity contribution in [3.8, 4) is 11.5 Å². The number of thiophene rings is 1. The number of thiazole rings is 1. The fraction of sp³-hybridized carbons (Fsp3) is 0.207. The summed E-state index contributed by atoms with van der Waals surface area (Å²) in [6, 6.07) is 14.0. The number of esters is 1. The summed E-state index contributed by atoms with van der Waals surface area (Å²) in [5.74, 6) is 0.297. The predicted octanol–water partition coefficient (Wildman–Crippen LogP) is 5.75. The van der Waals surface area contributed by atoms with E-state index in [0.717, 1.165) is 10.4 Å². The smallest absolute Gasteiger partial charge is 0.338 e. The van der Waals surface area contributed by atoms with E-state index in [1.807, 2.05) is 35.7 Å². The third kappa shape index (κ3) is 5.47. The molecule has 2 aromatic carbocycles. The second kappa shape index (κ2) is 12.0. The summed E-state index contributed by atoms with van der Waals surface area (Å²) < 4.78 is 18.8. The molecule has 3 heterocycles. The van der Waals surface area contributed by atoms with E-state index in [1.165, 1.54) is 29.8 Å². The first-order chi connectivity index (χ1) is 19.3. The lowest BCUT2D eigenvalue weighted by atomic mass is 10.0. The number of nitrogens with zero attached hydrogens (tertiary/aromatic N) is 2. The SMILES string of the molecule is CCOC(=O)C1=C(C)N=c2s/c(=C\c3cc(Cl)c(OCc4ccccc4Cl)c(OC)c3)c(=O)n2[C@H]1c1cccs1. The van der Waals surface area contributed by atoms with Gasteiger partial charge in [0.05, 0.1) is 34.5 Å². The highest BCUT2D eigenvalue weighted by Crippen LogP contribution is 2.38. The van der Waals surface area contributed by atoms with Crippen molar-refractivity contribution in [1.82, 2.24) is 4.57 Å². The molecule has 0 radical (unpaired) electrons. The normalized spacial score (nSPS) is 15.0. The van der Waals surface area contributed by atoms with E-state index in [-0.39, 0.29) is 18.8 Å². The number of methoxy groups -OCH3 is 1. The first-order valence-corrected chi connectivity index (χ1v) is 14.7. The number of hydrogen-bond donors (Lipinski definition) is 0. The van der Waals surface area contributed by atoms with Crippen LogP contribution in [0.5, 0.6) is 11.5 Å². The highest BCUT2D eigenvalue weighted by molar-refractivity contribution is 7.10. The fourth-order valence-electron chi connectivity index (χ4n) is 4.39. The zero-order chi connectivity index (χ0) is 28.4. The van der Waals surface area contributed by atoms with Crippen LogP contribution in [0.1, 0.15) is 35.9 Å². The third-order valence-electron chi connectivity index (χ3n) is 6.21. The van der Waals surface area contributed by atoms with Gasteiger partial charge in [-0.2, -0.15) is 0 Å². The standard InChI is InChI=1S/C29H24Cl2N2O5S2/c1-4-37-28(35)24-16(2)32-29-33(25(24)22-10-7-11-39-22)27(34)23(40-29)14-17-12-20(31)26(21(13-17)36-3)38-15-18-8-5-6-9-19(18)30/h5-14,25H,4,15H2,1-3H3/b23-14-/t25-/m0/s1. The molecular weight excluding hydrogens is 591 g/mol. The van der Waals surface area contributed by atoms with E-state index in [0.29, 0.717) is 47.7 Å². The maximum absolute atomic E-state index is 13.8. The molecule has 0 bridgehead atoms. The Morgan fingerprint density at radius 3 is 2.65 bits per heavy atom. The van der Waals surface area contributed by atoms with E-state index >= 15 is 0 Å². The molecule has 1 atom stereocenters. The number of halogens is 2. The van der Waals surface area contributed by atoms with E-state index in [1.54, 1.807) is 42.7 Å². The number of ether oxygens (including phenoxy) is 3. The van der Waals surface area contributed by atoms with Gasteiger partial charge in [0.2, 0.25) is 0 Å². The first-order valence-electron chi connectivity index (χ1n) is 12.3. The van der Waals surface area contributed by atoms with Crippen LogP contribution in [0.15, 0.2) is 75.0 Å². The molecule has 40 heavy (non-hydrogen) atoms. The Morgan fingerprint density at radius 2 is 1.95 bits per heavy atom. The van der Waals surface area contributed by atoms with Crippen LogP contribution in [0.2, 0.25) is 10.0 Å². The molecule has 0 unspecified atom stereocenters. The molecule has 2 aromatic heterocycles. The van der Waals surface area contributed by atoms with Crippen LogP contribution in [0.25, 0.3) is 6.08 Å². The van der Waals surface area contributed by atoms with Gasteiger partial charge >= 0.3 is 5.97 Å². The van der Waals surface area contributed by atoms with Crippen LogP contribution in [0, 0.1) is 0 Å². The topological polar surface area (TPSA) is 79.1 Å². The maximum atomic E-state index is 13.8. The van der Waals surface area contributed by atoms with Gasteiger partial charge < -0.3 is 14.2 Å². The molecule has 0 spiro atoms. The van der Waals surface area contributed by atoms with Gasteiger partial charge in [-0.25, -0.2) is 9.79 Å². The third-order valence-corrected chi connectivity index (χ3v) is 8.77. The molecule has 5 rings (SSSR count). The minimum absolute atomic E-state index is 0.207. The maximum Gasteiger partial charge on any atom is 0.338 e. The zero-order valence-corrected chi connectivity index (χ0v) is 24.9. The van der Waals surface area contributed by atoms with Gasteiger partial charge in [0, 0.05) is 15.5 Å². The van der Waals surface area contributed by atoms with E-state index in [9.17, 15) is 9.59 Å². The van der Waals surface area contributed by atoms with Gasteiger partial charge in [-0.05, 0) is 55.1 Å². The minimum Gasteiger partial charge on any atom is -0.493 e. The highest BCUT2D eigenvalue weighted by Gasteiger charge is 2.33. The lowest BCUT2D eigenvalue weighted by molar-refractivity contribution is -0.139. The molecule has 0 fully saturated rings. The van der Waals surface area contributed by atoms with Crippen LogP contribution in [-0.4, -0.2) is 24.3 Å². The second-order valence-corrected chi connectivity index (χ2v) is 11.5. The number of carbonyl (C=O) groups is 1. The van der Waals surface area contributed by atoms with E-state index < -0.39 is 12.0 Å². The molecule has 1 aliphatic heterocycles. The summed E-state index contributed by atoms with van der Waals surface area (Å²) in [6.07, 6.45) is 1.73. The molecule has 1 aliphatic rings. The number of fused-ring (bicyclic) bond motifs is 1. The lowest BCUT2D eigenvalue weighted by Crippen LogP contribution is -2.39. The summed E-state index contributed by atoms with van der Waals surface area (Å²) in [5, 5.41) is 2.82. The number of aromatic nitrogens is 1. The average molecular weight is 616 g/mol. The van der Waals surface area contributed by atoms with Gasteiger partial charge in [-0.3, -0.25) is 9.36 Å². The molecule has 4 aromatic rings. The molecule has 206 valence electrons. The molecule has 0 saturated carbocycles. The predicted molar refractivity (Wildman–Crippen MR) is 159 cm³/mol. The van der Waals surface area contributed by atoms with Gasteiger partial charge in [-0.1, -0.05) is 58.8 Å². The molecule has 0 saturated heterocycles. The Labute approximate surface area is 248 Å². The van der Waals surface area contributed by atoms with Crippen molar-refractivity contribution in [3.63, 3.8) is 0 Å². The number of benzene rings is 2. The monoisotopic (exact) mass is 614 g/mol. The van der Waals surface area contributed by atoms with Crippen molar-refractivity contribution in [1.29, 1.82) is 0 Å². The van der Waals surface area contributed by atoms with Gasteiger partial charge in [0.15, 0.2) is 16.3 Å². The highest BCUT2D eigenvalue weighted by atomic mass is 35.5. The minimum atomic E-state index is -0.629. The molecule has 7 nitrogen and oxygen atoms in total. The van der Waals surface area contributed by atoms with Gasteiger partial charge in [0.1, 0.15) is 12.6 Å². The number of allylic oxidation sites excluding steroid dienone is 1. The van der Waals surface area contributed by atoms with Crippen LogP contribution in [-0.2, 0) is 16.1 Å². The average Bonchev–Trinajstić information content (AvgIpc) is 3.56. The molecular formula is C29H24Cl2N2O5S2. The molecule has 0 amide bonds. The largest absolute Gasteiger partial charge is 0.493 e. The quantitative estimate of drug-likeness (QED) is 0.236. The molecule has 0 N–H and O–H groups in total. The van der Waals surface area contributed by atoms with Crippen LogP contribution < -0.4 is 24.4 Å². The fourth-order valence-corrected chi connectivity index (χ4v) is 6.72. The van der Waals surface area contributed by atoms with Crippen LogP contribution in [0.3, 0.4) is 0 Å². The van der Waals surface area contributed by atoms with Crippen molar-refractivity contribution in [3.05, 3.63) is 111 Å². The van der Waals surface area contributed by atoms with Crippen molar-refractivity contribution in [2.45, 2.75) is 26.5 Å². The van der Waals surface area contributed by atoms with Gasteiger partial charge in [-0.15, -0.1) is 11.3 Å². The Kier molecular flexibility index (Phi) is 8.46. The Morgan fingerprint density at radius 1 is 1.15 bits per heavy atom. The zero-order valence-electron chi connectivity index (χ0n) is 21.8. The number of hydrogen-bond acceptors (Lipinski definition) is 8. The summed E-state index contributed by atoms with van der Waals surface area (Å²) in [6.45, 7) is 3.93. The second-order valence-electron chi connectivity index (χ2n) is 8.73. The number of rotatable bonds is 8. The van der Waals surface area contributed by atoms with Crippen molar-refractivity contribution < 1.29 is 19.0 Å². The summed E-state index contributed by atoms with van der Waals surface area (Å²) in [5.41, 5.74) is 2.06. The molecule has 0 aliphatic carbocycles. The Balaban J connectivity index is 1.56. The van der Waals surface area contributed by atoms with Crippen LogP contribution >= 0.6 is 45.9 Å². The van der Waals surface area contributed by atoms with E-state index in [2.05, 4.69) is 4.99 Å². The molecule has 11 heteroatoms. The van der Waals surface area contributed by atoms with E-state index in [4.69, 9.17) is 37.4 Å². The Hall–Kier alpha value is -3.37. The first kappa shape index (κ1) is 28.2. The summed E-state index contributed by atoms with van der Waals surface area (Å²) in [7, 11) is 1.52. The Bertz CT molecular complexity index is 1790. The number of carbonyl (C=O) groups excluding carboxylic acids is 1. The van der Waals surface area contributed by atoms with Crippen molar-refractivity contribution >= 4 is 57.9 Å². The van der Waals surface area contributed by atoms with Crippen molar-refractivity contribution in [2.75, 3.05) is 13.7 Å². The van der Waals surface area contributed by atoms with Gasteiger partial charge in [0.25, 0.3) is 5.56 Å². The summed E-state index contributed by atoms with van der Waals surface area (Å²) >= 11 is 15.6.